The van der Waals surface area contributed by atoms with Gasteiger partial charge in [0.05, 0.1) is 17.2 Å². The Hall–Kier alpha value is -2.98. The summed E-state index contributed by atoms with van der Waals surface area (Å²) in [4.78, 5) is 19.6. The number of hydrogen-bond donors (Lipinski definition) is 1. The van der Waals surface area contributed by atoms with Crippen LogP contribution in [0.1, 0.15) is 60.5 Å². The first kappa shape index (κ1) is 29.0. The molecule has 1 heterocycles. The maximum atomic E-state index is 13.6. The molecular weight excluding hydrogens is 551 g/mol. The van der Waals surface area contributed by atoms with Gasteiger partial charge in [0.25, 0.3) is 5.91 Å². The molecule has 1 amide bonds. The Morgan fingerprint density at radius 2 is 1.97 bits per heavy atom. The topological polar surface area (TPSA) is 59.9 Å². The first-order valence-corrected chi connectivity index (χ1v) is 14.5. The second kappa shape index (κ2) is 12.5. The highest BCUT2D eigenvalue weighted by Crippen LogP contribution is 2.45. The van der Waals surface area contributed by atoms with Gasteiger partial charge in [0, 0.05) is 21.8 Å². The number of terminal acetylenes is 1. The number of carbonyl (C=O) groups is 1. The van der Waals surface area contributed by atoms with E-state index in [1.165, 1.54) is 4.88 Å². The summed E-state index contributed by atoms with van der Waals surface area (Å²) in [5.41, 5.74) is 3.30. The normalized spacial score (nSPS) is 15.1. The Labute approximate surface area is 244 Å². The average molecular weight is 584 g/mol. The molecule has 204 valence electrons. The molecule has 2 aromatic carbocycles. The summed E-state index contributed by atoms with van der Waals surface area (Å²) >= 11 is 14.1. The zero-order chi connectivity index (χ0) is 28.2. The molecular formula is C31H32Cl2N2O3S. The third kappa shape index (κ3) is 6.97. The summed E-state index contributed by atoms with van der Waals surface area (Å²) in [5.74, 6) is 3.69. The standard InChI is InChI=1S/C31H32Cl2N2O3S/c1-6-14-38-28-24(33)15-19(16-25(28)37-7-2)18-34-30-27(29(36)35-22-11-9-21(32)10-12-22)23-13-8-20(31(3,4)5)17-26(23)39-30/h1,9-12,15-16,18,20H,7-8,13-14,17H2,2-5H3,(H,35,36)/t20-/m1/s1. The lowest BCUT2D eigenvalue weighted by atomic mass is 9.72. The number of halogens is 2. The van der Waals surface area contributed by atoms with Crippen LogP contribution in [0.4, 0.5) is 10.7 Å². The number of fused-ring (bicyclic) bond motifs is 1. The Balaban J connectivity index is 1.71. The van der Waals surface area contributed by atoms with E-state index in [1.54, 1.807) is 53.9 Å². The summed E-state index contributed by atoms with van der Waals surface area (Å²) in [6, 6.07) is 10.6. The van der Waals surface area contributed by atoms with Gasteiger partial charge in [-0.2, -0.15) is 0 Å². The van der Waals surface area contributed by atoms with Gasteiger partial charge in [0.2, 0.25) is 0 Å². The maximum absolute atomic E-state index is 13.6. The fourth-order valence-electron chi connectivity index (χ4n) is 4.68. The van der Waals surface area contributed by atoms with Crippen LogP contribution in [0.2, 0.25) is 10.0 Å². The highest BCUT2D eigenvalue weighted by Gasteiger charge is 2.33. The van der Waals surface area contributed by atoms with Crippen LogP contribution < -0.4 is 14.8 Å². The van der Waals surface area contributed by atoms with Gasteiger partial charge in [-0.3, -0.25) is 4.79 Å². The van der Waals surface area contributed by atoms with Gasteiger partial charge in [-0.15, -0.1) is 17.8 Å². The number of benzene rings is 2. The van der Waals surface area contributed by atoms with Crippen molar-refractivity contribution in [2.24, 2.45) is 16.3 Å². The Kier molecular flexibility index (Phi) is 9.27. The van der Waals surface area contributed by atoms with Gasteiger partial charge in [-0.1, -0.05) is 49.9 Å². The lowest BCUT2D eigenvalue weighted by Crippen LogP contribution is -2.27. The zero-order valence-corrected chi connectivity index (χ0v) is 24.9. The lowest BCUT2D eigenvalue weighted by Gasteiger charge is -2.33. The van der Waals surface area contributed by atoms with Crippen molar-refractivity contribution < 1.29 is 14.3 Å². The third-order valence-electron chi connectivity index (χ3n) is 6.76. The summed E-state index contributed by atoms with van der Waals surface area (Å²) < 4.78 is 11.3. The Morgan fingerprint density at radius 3 is 2.64 bits per heavy atom. The van der Waals surface area contributed by atoms with E-state index in [4.69, 9.17) is 44.1 Å². The lowest BCUT2D eigenvalue weighted by molar-refractivity contribution is 0.102. The zero-order valence-electron chi connectivity index (χ0n) is 22.6. The minimum absolute atomic E-state index is 0.0790. The highest BCUT2D eigenvalue weighted by atomic mass is 35.5. The predicted octanol–water partition coefficient (Wildman–Crippen LogP) is 8.62. The van der Waals surface area contributed by atoms with Crippen LogP contribution in [0.5, 0.6) is 11.5 Å². The van der Waals surface area contributed by atoms with Crippen LogP contribution in [0, 0.1) is 23.7 Å². The number of nitrogens with one attached hydrogen (secondary N) is 1. The van der Waals surface area contributed by atoms with Gasteiger partial charge in [0.15, 0.2) is 11.5 Å². The maximum Gasteiger partial charge on any atom is 0.259 e. The predicted molar refractivity (Wildman–Crippen MR) is 163 cm³/mol. The van der Waals surface area contributed by atoms with Gasteiger partial charge >= 0.3 is 0 Å². The first-order valence-electron chi connectivity index (χ1n) is 12.9. The van der Waals surface area contributed by atoms with E-state index in [0.29, 0.717) is 50.3 Å². The molecule has 1 aliphatic rings. The summed E-state index contributed by atoms with van der Waals surface area (Å²) in [6.07, 6.45) is 9.85. The molecule has 1 N–H and O–H groups in total. The molecule has 0 unspecified atom stereocenters. The molecule has 0 aliphatic heterocycles. The second-order valence-corrected chi connectivity index (χ2v) is 12.4. The van der Waals surface area contributed by atoms with Crippen molar-refractivity contribution >= 4 is 57.3 Å². The van der Waals surface area contributed by atoms with E-state index >= 15 is 0 Å². The van der Waals surface area contributed by atoms with Crippen LogP contribution in [0.15, 0.2) is 41.4 Å². The van der Waals surface area contributed by atoms with Crippen molar-refractivity contribution in [2.45, 2.75) is 47.0 Å². The van der Waals surface area contributed by atoms with Crippen molar-refractivity contribution in [1.29, 1.82) is 0 Å². The quantitative estimate of drug-likeness (QED) is 0.213. The van der Waals surface area contributed by atoms with E-state index in [2.05, 4.69) is 32.0 Å². The summed E-state index contributed by atoms with van der Waals surface area (Å²) in [7, 11) is 0. The van der Waals surface area contributed by atoms with Crippen molar-refractivity contribution in [2.75, 3.05) is 18.5 Å². The number of anilines is 1. The molecule has 0 saturated heterocycles. The first-order chi connectivity index (χ1) is 18.6. The fraction of sp³-hybridized carbons (Fsp3) is 0.355. The third-order valence-corrected chi connectivity index (χ3v) is 8.46. The minimum Gasteiger partial charge on any atom is -0.490 e. The van der Waals surface area contributed by atoms with Crippen LogP contribution in [-0.4, -0.2) is 25.3 Å². The van der Waals surface area contributed by atoms with Crippen LogP contribution in [0.25, 0.3) is 0 Å². The number of hydrogen-bond acceptors (Lipinski definition) is 5. The Bertz CT molecular complexity index is 1420. The monoisotopic (exact) mass is 582 g/mol. The smallest absolute Gasteiger partial charge is 0.259 e. The summed E-state index contributed by atoms with van der Waals surface area (Å²) in [5, 5.41) is 4.68. The average Bonchev–Trinajstić information content (AvgIpc) is 3.26. The number of carbonyl (C=O) groups excluding carboxylic acids is 1. The molecule has 0 saturated carbocycles. The number of nitrogens with zero attached hydrogens (tertiary/aromatic N) is 1. The minimum atomic E-state index is -0.178. The molecule has 0 radical (unpaired) electrons. The molecule has 0 fully saturated rings. The van der Waals surface area contributed by atoms with Crippen molar-refractivity contribution in [3.05, 3.63) is 68.0 Å². The van der Waals surface area contributed by atoms with Crippen LogP contribution in [0.3, 0.4) is 0 Å². The SMILES string of the molecule is C#CCOc1c(Cl)cc(C=Nc2sc3c(c2C(=O)Nc2ccc(Cl)cc2)CC[C@@H](C(C)(C)C)C3)cc1OCC. The van der Waals surface area contributed by atoms with E-state index in [0.717, 1.165) is 30.4 Å². The molecule has 5 nitrogen and oxygen atoms in total. The van der Waals surface area contributed by atoms with Gasteiger partial charge in [0.1, 0.15) is 11.6 Å². The molecule has 1 atom stereocenters. The molecule has 0 bridgehead atoms. The summed E-state index contributed by atoms with van der Waals surface area (Å²) in [6.45, 7) is 9.23. The van der Waals surface area contributed by atoms with Crippen molar-refractivity contribution in [3.8, 4) is 23.8 Å². The molecule has 3 aromatic rings. The number of amides is 1. The van der Waals surface area contributed by atoms with Crippen LogP contribution in [-0.2, 0) is 12.8 Å². The van der Waals surface area contributed by atoms with Gasteiger partial charge < -0.3 is 14.8 Å². The van der Waals surface area contributed by atoms with Crippen molar-refractivity contribution in [1.82, 2.24) is 0 Å². The van der Waals surface area contributed by atoms with Gasteiger partial charge in [-0.25, -0.2) is 4.99 Å². The molecule has 39 heavy (non-hydrogen) atoms. The molecule has 4 rings (SSSR count). The van der Waals surface area contributed by atoms with Crippen molar-refractivity contribution in [3.63, 3.8) is 0 Å². The van der Waals surface area contributed by atoms with E-state index in [1.807, 2.05) is 6.92 Å². The largest absolute Gasteiger partial charge is 0.490 e. The molecule has 8 heteroatoms. The van der Waals surface area contributed by atoms with E-state index in [9.17, 15) is 4.79 Å². The number of rotatable bonds is 8. The Morgan fingerprint density at radius 1 is 1.23 bits per heavy atom. The molecule has 1 aromatic heterocycles. The van der Waals surface area contributed by atoms with Crippen LogP contribution >= 0.6 is 34.5 Å². The number of ether oxygens (including phenoxy) is 2. The number of thiophene rings is 1. The van der Waals surface area contributed by atoms with E-state index in [-0.39, 0.29) is 17.9 Å². The molecule has 0 spiro atoms. The van der Waals surface area contributed by atoms with Gasteiger partial charge in [-0.05, 0) is 85.0 Å². The fourth-order valence-corrected chi connectivity index (χ4v) is 6.34. The highest BCUT2D eigenvalue weighted by molar-refractivity contribution is 7.16. The second-order valence-electron chi connectivity index (χ2n) is 10.5. The number of aliphatic imine (C=N–C) groups is 1. The molecule has 1 aliphatic carbocycles. The van der Waals surface area contributed by atoms with E-state index < -0.39 is 0 Å².